The number of rotatable bonds is 9. The van der Waals surface area contributed by atoms with Crippen LogP contribution in [0.4, 0.5) is 10.1 Å². The number of carboxylic acids is 1. The number of methoxy groups -OCH3 is 1. The number of hydrogen-bond donors (Lipinski definition) is 2. The molecule has 4 aromatic rings. The monoisotopic (exact) mass is 724 g/mol. The van der Waals surface area contributed by atoms with Crippen molar-refractivity contribution in [2.24, 2.45) is 5.92 Å². The van der Waals surface area contributed by atoms with E-state index in [4.69, 9.17) is 32.7 Å². The number of fused-ring (bicyclic) bond motifs is 2. The molecular formula is C36H35Cl2FN4O5S. The largest absolute Gasteiger partial charge is 0.493 e. The number of halogens is 3. The lowest BCUT2D eigenvalue weighted by Crippen LogP contribution is -2.25. The molecule has 2 unspecified atom stereocenters. The van der Waals surface area contributed by atoms with Crippen molar-refractivity contribution in [1.82, 2.24) is 14.8 Å². The number of carboxylic acid groups (broad SMARTS) is 1. The van der Waals surface area contributed by atoms with Gasteiger partial charge < -0.3 is 24.8 Å². The van der Waals surface area contributed by atoms with Crippen LogP contribution >= 0.6 is 34.5 Å². The number of hydrogen-bond acceptors (Lipinski definition) is 8. The van der Waals surface area contributed by atoms with Gasteiger partial charge in [0.05, 0.1) is 34.5 Å². The Morgan fingerprint density at radius 2 is 1.90 bits per heavy atom. The van der Waals surface area contributed by atoms with Crippen molar-refractivity contribution < 1.29 is 28.6 Å². The number of nitrogens with zero attached hydrogens (tertiary/aromatic N) is 3. The van der Waals surface area contributed by atoms with Gasteiger partial charge in [0, 0.05) is 42.2 Å². The highest BCUT2D eigenvalue weighted by atomic mass is 35.5. The fraction of sp³-hybridized carbons (Fsp3) is 0.361. The molecule has 1 fully saturated rings. The average Bonchev–Trinajstić information content (AvgIpc) is 3.83. The van der Waals surface area contributed by atoms with Gasteiger partial charge in [-0.15, -0.1) is 11.3 Å². The van der Waals surface area contributed by atoms with Gasteiger partial charge in [0.1, 0.15) is 6.10 Å². The van der Waals surface area contributed by atoms with E-state index < -0.39 is 23.8 Å². The number of thiazole rings is 1. The topological polar surface area (TPSA) is 104 Å². The van der Waals surface area contributed by atoms with E-state index in [2.05, 4.69) is 15.2 Å². The number of anilines is 1. The summed E-state index contributed by atoms with van der Waals surface area (Å²) in [5.41, 5.74) is 5.57. The van der Waals surface area contributed by atoms with Crippen LogP contribution in [-0.2, 0) is 30.7 Å². The number of amides is 1. The molecule has 0 radical (unpaired) electrons. The van der Waals surface area contributed by atoms with Gasteiger partial charge in [0.2, 0.25) is 5.82 Å². The average molecular weight is 726 g/mol. The summed E-state index contributed by atoms with van der Waals surface area (Å²) in [6, 6.07) is 13.0. The second-order valence-corrected chi connectivity index (χ2v) is 14.6. The maximum Gasteiger partial charge on any atom is 0.307 e. The molecule has 9 nitrogen and oxygen atoms in total. The lowest BCUT2D eigenvalue weighted by Gasteiger charge is -2.22. The van der Waals surface area contributed by atoms with E-state index in [1.54, 1.807) is 12.1 Å². The molecule has 2 atom stereocenters. The first-order chi connectivity index (χ1) is 23.6. The van der Waals surface area contributed by atoms with Crippen LogP contribution in [0.3, 0.4) is 0 Å². The summed E-state index contributed by atoms with van der Waals surface area (Å²) in [7, 11) is 3.44. The molecule has 3 heterocycles. The molecule has 0 saturated carbocycles. The van der Waals surface area contributed by atoms with Gasteiger partial charge >= 0.3 is 5.97 Å². The molecule has 2 N–H and O–H groups in total. The number of likely N-dealkylation sites (tertiary alicyclic amines) is 1. The molecule has 0 spiro atoms. The smallest absolute Gasteiger partial charge is 0.307 e. The highest BCUT2D eigenvalue weighted by Gasteiger charge is 2.32. The quantitative estimate of drug-likeness (QED) is 0.183. The minimum Gasteiger partial charge on any atom is -0.493 e. The minimum atomic E-state index is -0.831. The first-order valence-corrected chi connectivity index (χ1v) is 17.7. The summed E-state index contributed by atoms with van der Waals surface area (Å²) in [6.07, 6.45) is 2.20. The molecule has 256 valence electrons. The number of carbonyl (C=O) groups excluding carboxylic acids is 1. The predicted octanol–water partition coefficient (Wildman–Crippen LogP) is 7.48. The summed E-state index contributed by atoms with van der Waals surface area (Å²) < 4.78 is 27.7. The Labute approximate surface area is 297 Å². The van der Waals surface area contributed by atoms with Gasteiger partial charge in [-0.1, -0.05) is 53.5 Å². The van der Waals surface area contributed by atoms with Crippen LogP contribution < -0.4 is 14.8 Å². The van der Waals surface area contributed by atoms with Gasteiger partial charge in [0.15, 0.2) is 16.5 Å². The zero-order chi connectivity index (χ0) is 34.4. The van der Waals surface area contributed by atoms with Crippen molar-refractivity contribution in [2.75, 3.05) is 39.1 Å². The highest BCUT2D eigenvalue weighted by molar-refractivity contribution is 7.13. The van der Waals surface area contributed by atoms with Crippen molar-refractivity contribution in [1.29, 1.82) is 0 Å². The van der Waals surface area contributed by atoms with Gasteiger partial charge in [-0.05, 0) is 68.1 Å². The molecule has 3 aliphatic rings. The van der Waals surface area contributed by atoms with Crippen LogP contribution in [0.1, 0.15) is 56.0 Å². The Morgan fingerprint density at radius 3 is 2.67 bits per heavy atom. The Morgan fingerprint density at radius 1 is 1.10 bits per heavy atom. The summed E-state index contributed by atoms with van der Waals surface area (Å²) >= 11 is 15.0. The summed E-state index contributed by atoms with van der Waals surface area (Å²) in [6.45, 7) is 2.94. The van der Waals surface area contributed by atoms with Crippen LogP contribution in [-0.4, -0.2) is 65.6 Å². The number of ether oxygens (including phenoxy) is 2. The van der Waals surface area contributed by atoms with Crippen LogP contribution in [0.5, 0.6) is 11.5 Å². The SMILES string of the molecule is COc1c(CN2CCC(C(=O)O)C2)cc(Cl)c(OC2CCc3c(-c4cccc(NC(=O)c5nc6c(s5)CCN(C)C6)c4Cl)cccc32)c1F. The van der Waals surface area contributed by atoms with Gasteiger partial charge in [-0.2, -0.15) is 4.39 Å². The number of likely N-dealkylation sites (N-methyl/N-ethyl adjacent to an activating group) is 1. The Balaban J connectivity index is 1.11. The predicted molar refractivity (Wildman–Crippen MR) is 188 cm³/mol. The maximum absolute atomic E-state index is 16.0. The molecule has 1 aliphatic carbocycles. The molecule has 13 heteroatoms. The number of nitrogens with one attached hydrogen (secondary N) is 1. The van der Waals surface area contributed by atoms with E-state index in [-0.39, 0.29) is 22.4 Å². The normalized spacial score (nSPS) is 19.0. The van der Waals surface area contributed by atoms with E-state index in [1.165, 1.54) is 18.4 Å². The lowest BCUT2D eigenvalue weighted by molar-refractivity contribution is -0.141. The molecule has 1 aromatic heterocycles. The minimum absolute atomic E-state index is 0.0287. The third-order valence-electron chi connectivity index (χ3n) is 9.55. The third kappa shape index (κ3) is 6.62. The maximum atomic E-state index is 16.0. The second kappa shape index (κ2) is 13.9. The number of aromatic nitrogens is 1. The van der Waals surface area contributed by atoms with Crippen molar-refractivity contribution in [2.45, 2.75) is 44.9 Å². The summed E-state index contributed by atoms with van der Waals surface area (Å²) in [5.74, 6) is -2.33. The van der Waals surface area contributed by atoms with Crippen LogP contribution in [0.15, 0.2) is 42.5 Å². The van der Waals surface area contributed by atoms with Gasteiger partial charge in [-0.3, -0.25) is 14.5 Å². The molecule has 1 amide bonds. The first kappa shape index (κ1) is 33.7. The van der Waals surface area contributed by atoms with E-state index in [0.29, 0.717) is 60.2 Å². The van der Waals surface area contributed by atoms with Crippen molar-refractivity contribution >= 4 is 52.1 Å². The molecular weight excluding hydrogens is 690 g/mol. The summed E-state index contributed by atoms with van der Waals surface area (Å²) in [4.78, 5) is 34.5. The van der Waals surface area contributed by atoms with E-state index >= 15 is 4.39 Å². The zero-order valence-electron chi connectivity index (χ0n) is 27.0. The van der Waals surface area contributed by atoms with Crippen LogP contribution in [0, 0.1) is 11.7 Å². The second-order valence-electron chi connectivity index (χ2n) is 12.8. The summed E-state index contributed by atoms with van der Waals surface area (Å²) in [5, 5.41) is 13.3. The van der Waals surface area contributed by atoms with Crippen molar-refractivity contribution in [3.8, 4) is 22.6 Å². The zero-order valence-corrected chi connectivity index (χ0v) is 29.4. The first-order valence-electron chi connectivity index (χ1n) is 16.2. The van der Waals surface area contributed by atoms with Crippen LogP contribution in [0.25, 0.3) is 11.1 Å². The molecule has 49 heavy (non-hydrogen) atoms. The Bertz CT molecular complexity index is 1950. The Hall–Kier alpha value is -3.74. The van der Waals surface area contributed by atoms with E-state index in [0.717, 1.165) is 52.3 Å². The van der Waals surface area contributed by atoms with Crippen LogP contribution in [0.2, 0.25) is 10.0 Å². The highest BCUT2D eigenvalue weighted by Crippen LogP contribution is 2.46. The number of aliphatic carboxylic acids is 1. The number of benzene rings is 3. The molecule has 0 bridgehead atoms. The fourth-order valence-corrected chi connectivity index (χ4v) is 8.56. The standard InChI is InChI=1S/C36H35Cl2FN4O5S/c1-42-13-12-29-27(18-42)41-35(49-29)34(44)40-26-8-4-7-24(30(26)38)21-5-3-6-23-22(21)9-10-28(23)48-33-25(37)15-20(32(47-2)31(33)39)17-43-14-11-19(16-43)36(45)46/h3-8,15,19,28H,9-14,16-18H2,1-2H3,(H,40,44)(H,45,46). The molecule has 2 aliphatic heterocycles. The van der Waals surface area contributed by atoms with Gasteiger partial charge in [0.25, 0.3) is 5.91 Å². The lowest BCUT2D eigenvalue weighted by atomic mass is 9.96. The van der Waals surface area contributed by atoms with E-state index in [1.807, 2.05) is 42.3 Å². The van der Waals surface area contributed by atoms with Gasteiger partial charge in [-0.25, -0.2) is 4.98 Å². The molecule has 3 aromatic carbocycles. The Kier molecular flexibility index (Phi) is 9.56. The molecule has 7 rings (SSSR count). The number of carbonyl (C=O) groups is 2. The third-order valence-corrected chi connectivity index (χ3v) is 11.4. The molecule has 1 saturated heterocycles. The van der Waals surface area contributed by atoms with Crippen molar-refractivity contribution in [3.05, 3.63) is 90.6 Å². The van der Waals surface area contributed by atoms with Crippen molar-refractivity contribution in [3.63, 3.8) is 0 Å². The van der Waals surface area contributed by atoms with E-state index in [9.17, 15) is 14.7 Å². The fourth-order valence-electron chi connectivity index (χ4n) is 7.07.